The van der Waals surface area contributed by atoms with Gasteiger partial charge in [-0.3, -0.25) is 9.59 Å². The molecule has 32 heavy (non-hydrogen) atoms. The first-order chi connectivity index (χ1) is 15.5. The van der Waals surface area contributed by atoms with E-state index in [0.717, 1.165) is 28.1 Å². The third kappa shape index (κ3) is 4.64. The lowest BCUT2D eigenvalue weighted by atomic mass is 10.0. The number of benzene rings is 2. The number of nitrogens with one attached hydrogen (secondary N) is 2. The van der Waals surface area contributed by atoms with Crippen molar-refractivity contribution in [3.05, 3.63) is 75.4 Å². The molecule has 0 saturated carbocycles. The Labute approximate surface area is 195 Å². The van der Waals surface area contributed by atoms with Crippen molar-refractivity contribution in [1.82, 2.24) is 9.97 Å². The number of hydrogen-bond donors (Lipinski definition) is 2. The highest BCUT2D eigenvalue weighted by molar-refractivity contribution is 8.00. The Morgan fingerprint density at radius 3 is 2.50 bits per heavy atom. The molecule has 164 valence electrons. The molecule has 2 aromatic heterocycles. The van der Waals surface area contributed by atoms with Crippen LogP contribution >= 0.6 is 23.1 Å². The van der Waals surface area contributed by atoms with Gasteiger partial charge in [0.15, 0.2) is 5.16 Å². The number of fused-ring (bicyclic) bond motifs is 1. The van der Waals surface area contributed by atoms with Crippen LogP contribution in [0.25, 0.3) is 21.3 Å². The van der Waals surface area contributed by atoms with Crippen LogP contribution in [0, 0.1) is 6.92 Å². The van der Waals surface area contributed by atoms with Crippen LogP contribution in [0.4, 0.5) is 5.69 Å². The fourth-order valence-corrected chi connectivity index (χ4v) is 5.61. The fraction of sp³-hybridized carbons (Fsp3) is 0.240. The lowest BCUT2D eigenvalue weighted by Gasteiger charge is -2.14. The number of carbonyl (C=O) groups excluding carboxylic acids is 1. The number of carbonyl (C=O) groups is 1. The van der Waals surface area contributed by atoms with Gasteiger partial charge in [0.05, 0.1) is 10.6 Å². The van der Waals surface area contributed by atoms with Gasteiger partial charge in [-0.2, -0.15) is 0 Å². The van der Waals surface area contributed by atoms with Crippen LogP contribution in [0.1, 0.15) is 30.7 Å². The largest absolute Gasteiger partial charge is 0.325 e. The normalized spacial score (nSPS) is 12.1. The minimum Gasteiger partial charge on any atom is -0.325 e. The summed E-state index contributed by atoms with van der Waals surface area (Å²) in [5.74, 6) is -0.100. The SMILES string of the molecule is CCc1ccc(NC(=O)C(CC)Sc2nc3sc(C)c(-c4ccccc4)c3c(=O)[nH]2)cc1. The molecule has 1 atom stereocenters. The van der Waals surface area contributed by atoms with Gasteiger partial charge in [0.2, 0.25) is 5.91 Å². The highest BCUT2D eigenvalue weighted by Gasteiger charge is 2.22. The van der Waals surface area contributed by atoms with Crippen molar-refractivity contribution in [2.75, 3.05) is 5.32 Å². The Bertz CT molecular complexity index is 1290. The van der Waals surface area contributed by atoms with Crippen molar-refractivity contribution in [2.24, 2.45) is 0 Å². The van der Waals surface area contributed by atoms with E-state index in [0.29, 0.717) is 21.8 Å². The van der Waals surface area contributed by atoms with Crippen LogP contribution in [0.3, 0.4) is 0 Å². The van der Waals surface area contributed by atoms with Crippen molar-refractivity contribution in [3.8, 4) is 11.1 Å². The number of anilines is 1. The number of aryl methyl sites for hydroxylation is 2. The molecular weight excluding hydrogens is 438 g/mol. The molecule has 2 N–H and O–H groups in total. The average Bonchev–Trinajstić information content (AvgIpc) is 3.14. The minimum atomic E-state index is -0.365. The highest BCUT2D eigenvalue weighted by atomic mass is 32.2. The lowest BCUT2D eigenvalue weighted by molar-refractivity contribution is -0.115. The van der Waals surface area contributed by atoms with E-state index in [1.54, 1.807) is 0 Å². The molecule has 0 spiro atoms. The summed E-state index contributed by atoms with van der Waals surface area (Å²) in [6.45, 7) is 6.06. The van der Waals surface area contributed by atoms with Crippen LogP contribution in [0.2, 0.25) is 0 Å². The number of amides is 1. The van der Waals surface area contributed by atoms with Crippen molar-refractivity contribution in [2.45, 2.75) is 44.0 Å². The summed E-state index contributed by atoms with van der Waals surface area (Å²) in [6.07, 6.45) is 1.57. The maximum Gasteiger partial charge on any atom is 0.260 e. The Morgan fingerprint density at radius 1 is 1.12 bits per heavy atom. The zero-order valence-corrected chi connectivity index (χ0v) is 19.9. The van der Waals surface area contributed by atoms with Gasteiger partial charge in [-0.25, -0.2) is 4.98 Å². The maximum absolute atomic E-state index is 13.0. The number of nitrogens with zero attached hydrogens (tertiary/aromatic N) is 1. The van der Waals surface area contributed by atoms with Crippen LogP contribution in [-0.4, -0.2) is 21.1 Å². The van der Waals surface area contributed by atoms with Gasteiger partial charge in [-0.05, 0) is 43.0 Å². The summed E-state index contributed by atoms with van der Waals surface area (Å²) in [7, 11) is 0. The fourth-order valence-electron chi connectivity index (χ4n) is 3.61. The predicted octanol–water partition coefficient (Wildman–Crippen LogP) is 6.03. The molecule has 0 aliphatic heterocycles. The van der Waals surface area contributed by atoms with Crippen molar-refractivity contribution < 1.29 is 4.79 Å². The first-order valence-electron chi connectivity index (χ1n) is 10.7. The van der Waals surface area contributed by atoms with E-state index in [1.807, 2.05) is 68.4 Å². The summed E-state index contributed by atoms with van der Waals surface area (Å²) in [6, 6.07) is 17.7. The van der Waals surface area contributed by atoms with Gasteiger partial charge in [0.25, 0.3) is 5.56 Å². The van der Waals surface area contributed by atoms with Crippen LogP contribution in [0.15, 0.2) is 64.5 Å². The van der Waals surface area contributed by atoms with Gasteiger partial charge in [0, 0.05) is 16.1 Å². The van der Waals surface area contributed by atoms with Crippen molar-refractivity contribution in [3.63, 3.8) is 0 Å². The topological polar surface area (TPSA) is 74.8 Å². The molecule has 5 nitrogen and oxygen atoms in total. The Morgan fingerprint density at radius 2 is 1.84 bits per heavy atom. The molecule has 4 rings (SSSR count). The quantitative estimate of drug-likeness (QED) is 0.259. The molecule has 1 unspecified atom stereocenters. The van der Waals surface area contributed by atoms with Gasteiger partial charge < -0.3 is 10.3 Å². The third-order valence-corrected chi connectivity index (χ3v) is 7.57. The summed E-state index contributed by atoms with van der Waals surface area (Å²) >= 11 is 2.80. The number of thioether (sulfide) groups is 1. The van der Waals surface area contributed by atoms with E-state index < -0.39 is 0 Å². The number of aromatic nitrogens is 2. The Kier molecular flexibility index (Phi) is 6.77. The van der Waals surface area contributed by atoms with Crippen LogP contribution in [-0.2, 0) is 11.2 Å². The minimum absolute atomic E-state index is 0.100. The predicted molar refractivity (Wildman–Crippen MR) is 135 cm³/mol. The molecule has 0 saturated heterocycles. The maximum atomic E-state index is 13.0. The molecule has 1 amide bonds. The van der Waals surface area contributed by atoms with E-state index in [2.05, 4.69) is 22.2 Å². The summed E-state index contributed by atoms with van der Waals surface area (Å²) in [4.78, 5) is 35.2. The highest BCUT2D eigenvalue weighted by Crippen LogP contribution is 2.36. The second kappa shape index (κ2) is 9.71. The standard InChI is InChI=1S/C25H25N3O2S2/c1-4-16-11-13-18(14-12-16)26-22(29)19(5-2)32-25-27-23(30)21-20(15(3)31-24(21)28-25)17-9-7-6-8-10-17/h6-14,19H,4-5H2,1-3H3,(H,26,29)(H,27,28,30). The number of aromatic amines is 1. The first kappa shape index (κ1) is 22.3. The zero-order valence-electron chi connectivity index (χ0n) is 18.3. The number of hydrogen-bond acceptors (Lipinski definition) is 5. The first-order valence-corrected chi connectivity index (χ1v) is 12.3. The van der Waals surface area contributed by atoms with E-state index >= 15 is 0 Å². The van der Waals surface area contributed by atoms with Gasteiger partial charge in [0.1, 0.15) is 4.83 Å². The Balaban J connectivity index is 1.59. The molecular formula is C25H25N3O2S2. The monoisotopic (exact) mass is 463 g/mol. The van der Waals surface area contributed by atoms with Gasteiger partial charge in [-0.1, -0.05) is 68.1 Å². The summed E-state index contributed by atoms with van der Waals surface area (Å²) < 4.78 is 0. The van der Waals surface area contributed by atoms with Crippen LogP contribution < -0.4 is 10.9 Å². The van der Waals surface area contributed by atoms with E-state index in [4.69, 9.17) is 0 Å². The molecule has 0 fully saturated rings. The Hall–Kier alpha value is -2.90. The van der Waals surface area contributed by atoms with Crippen molar-refractivity contribution >= 4 is 44.9 Å². The number of H-pyrrole nitrogens is 1. The zero-order chi connectivity index (χ0) is 22.7. The molecule has 2 heterocycles. The van der Waals surface area contributed by atoms with E-state index in [1.165, 1.54) is 28.7 Å². The van der Waals surface area contributed by atoms with E-state index in [-0.39, 0.29) is 16.7 Å². The van der Waals surface area contributed by atoms with Gasteiger partial charge >= 0.3 is 0 Å². The summed E-state index contributed by atoms with van der Waals surface area (Å²) in [5, 5.41) is 3.68. The number of thiophene rings is 1. The average molecular weight is 464 g/mol. The van der Waals surface area contributed by atoms with E-state index in [9.17, 15) is 9.59 Å². The molecule has 0 aliphatic carbocycles. The molecule has 0 bridgehead atoms. The molecule has 4 aromatic rings. The molecule has 7 heteroatoms. The molecule has 0 aliphatic rings. The van der Waals surface area contributed by atoms with Crippen molar-refractivity contribution in [1.29, 1.82) is 0 Å². The second-order valence-electron chi connectivity index (χ2n) is 7.50. The second-order valence-corrected chi connectivity index (χ2v) is 9.90. The van der Waals surface area contributed by atoms with Gasteiger partial charge in [-0.15, -0.1) is 11.3 Å². The molecule has 2 aromatic carbocycles. The summed E-state index contributed by atoms with van der Waals surface area (Å²) in [5.41, 5.74) is 3.75. The van der Waals surface area contributed by atoms with Crippen LogP contribution in [0.5, 0.6) is 0 Å². The lowest BCUT2D eigenvalue weighted by Crippen LogP contribution is -2.25. The molecule has 0 radical (unpaired) electrons. The number of rotatable bonds is 7. The third-order valence-electron chi connectivity index (χ3n) is 5.33. The smallest absolute Gasteiger partial charge is 0.260 e.